The first-order valence-corrected chi connectivity index (χ1v) is 7.23. The molecule has 0 spiro atoms. The van der Waals surface area contributed by atoms with Gasteiger partial charge in [0.1, 0.15) is 5.01 Å². The summed E-state index contributed by atoms with van der Waals surface area (Å²) in [7, 11) is 0. The van der Waals surface area contributed by atoms with Gasteiger partial charge in [-0.2, -0.15) is 0 Å². The van der Waals surface area contributed by atoms with Gasteiger partial charge in [0.05, 0.1) is 6.04 Å². The van der Waals surface area contributed by atoms with Crippen molar-refractivity contribution in [2.45, 2.75) is 58.5 Å². The Hall–Kier alpha value is -0.410. The fourth-order valence-corrected chi connectivity index (χ4v) is 3.44. The predicted octanol–water partition coefficient (Wildman–Crippen LogP) is 3.68. The molecule has 1 aromatic rings. The summed E-state index contributed by atoms with van der Waals surface area (Å²) < 4.78 is 0. The molecule has 1 aliphatic carbocycles. The van der Waals surface area contributed by atoms with Gasteiger partial charge in [0.25, 0.3) is 0 Å². The molecule has 2 unspecified atom stereocenters. The number of aryl methyl sites for hydroxylation is 1. The quantitative estimate of drug-likeness (QED) is 0.865. The molecule has 0 bridgehead atoms. The average molecular weight is 238 g/mol. The molecule has 16 heavy (non-hydrogen) atoms. The minimum atomic E-state index is 0.397. The molecule has 1 N–H and O–H groups in total. The van der Waals surface area contributed by atoms with E-state index < -0.39 is 0 Å². The molecule has 1 saturated carbocycles. The smallest absolute Gasteiger partial charge is 0.110 e. The van der Waals surface area contributed by atoms with Crippen LogP contribution in [0.5, 0.6) is 0 Å². The topological polar surface area (TPSA) is 24.9 Å². The van der Waals surface area contributed by atoms with E-state index in [2.05, 4.69) is 36.5 Å². The monoisotopic (exact) mass is 238 g/mol. The summed E-state index contributed by atoms with van der Waals surface area (Å²) in [6, 6.07) is 1.02. The maximum atomic E-state index is 4.55. The summed E-state index contributed by atoms with van der Waals surface area (Å²) in [4.78, 5) is 4.55. The Bertz CT molecular complexity index is 328. The van der Waals surface area contributed by atoms with Gasteiger partial charge in [0.2, 0.25) is 0 Å². The normalized spacial score (nSPS) is 21.2. The van der Waals surface area contributed by atoms with Crippen molar-refractivity contribution in [1.82, 2.24) is 10.3 Å². The van der Waals surface area contributed by atoms with Gasteiger partial charge in [-0.25, -0.2) is 4.98 Å². The Kier molecular flexibility index (Phi) is 3.98. The van der Waals surface area contributed by atoms with Gasteiger partial charge in [-0.1, -0.05) is 12.8 Å². The maximum absolute atomic E-state index is 4.55. The Morgan fingerprint density at radius 3 is 2.62 bits per heavy atom. The second-order valence-electron chi connectivity index (χ2n) is 5.05. The second-order valence-corrected chi connectivity index (χ2v) is 5.94. The van der Waals surface area contributed by atoms with Crippen LogP contribution < -0.4 is 5.32 Å². The highest BCUT2D eigenvalue weighted by atomic mass is 32.1. The third kappa shape index (κ3) is 2.83. The van der Waals surface area contributed by atoms with E-state index in [4.69, 9.17) is 0 Å². The van der Waals surface area contributed by atoms with Crippen molar-refractivity contribution in [1.29, 1.82) is 0 Å². The van der Waals surface area contributed by atoms with Crippen LogP contribution in [0.25, 0.3) is 0 Å². The van der Waals surface area contributed by atoms with Gasteiger partial charge in [-0.3, -0.25) is 0 Å². The van der Waals surface area contributed by atoms with Crippen molar-refractivity contribution < 1.29 is 0 Å². The van der Waals surface area contributed by atoms with E-state index in [1.54, 1.807) is 11.3 Å². The van der Waals surface area contributed by atoms with Crippen LogP contribution in [0.2, 0.25) is 0 Å². The van der Waals surface area contributed by atoms with Crippen molar-refractivity contribution in [3.05, 3.63) is 16.1 Å². The van der Waals surface area contributed by atoms with E-state index in [0.29, 0.717) is 12.1 Å². The first-order chi connectivity index (χ1) is 7.66. The molecule has 90 valence electrons. The lowest BCUT2D eigenvalue weighted by molar-refractivity contribution is 0.352. The lowest BCUT2D eigenvalue weighted by Gasteiger charge is -2.23. The summed E-state index contributed by atoms with van der Waals surface area (Å²) in [5.41, 5.74) is 1.14. The molecule has 0 saturated heterocycles. The second kappa shape index (κ2) is 5.28. The van der Waals surface area contributed by atoms with Gasteiger partial charge < -0.3 is 5.32 Å². The molecular formula is C13H22N2S. The highest BCUT2D eigenvalue weighted by Crippen LogP contribution is 2.29. The van der Waals surface area contributed by atoms with Crippen LogP contribution in [0, 0.1) is 12.8 Å². The van der Waals surface area contributed by atoms with Crippen LogP contribution >= 0.6 is 11.3 Å². The molecule has 0 radical (unpaired) electrons. The SMILES string of the molecule is Cc1csc(C(C)NC(C)C2CCCC2)n1. The van der Waals surface area contributed by atoms with Gasteiger partial charge in [-0.15, -0.1) is 11.3 Å². The van der Waals surface area contributed by atoms with Gasteiger partial charge >= 0.3 is 0 Å². The molecule has 1 heterocycles. The summed E-state index contributed by atoms with van der Waals surface area (Å²) in [6.45, 7) is 6.61. The first-order valence-electron chi connectivity index (χ1n) is 6.35. The Labute approximate surface area is 102 Å². The third-order valence-corrected chi connectivity index (χ3v) is 4.77. The zero-order valence-electron chi connectivity index (χ0n) is 10.5. The zero-order chi connectivity index (χ0) is 11.5. The fourth-order valence-electron chi connectivity index (χ4n) is 2.63. The van der Waals surface area contributed by atoms with E-state index in [1.165, 1.54) is 30.7 Å². The lowest BCUT2D eigenvalue weighted by atomic mass is 9.99. The van der Waals surface area contributed by atoms with Crippen LogP contribution in [0.15, 0.2) is 5.38 Å². The van der Waals surface area contributed by atoms with Crippen molar-refractivity contribution in [3.8, 4) is 0 Å². The molecule has 1 aromatic heterocycles. The lowest BCUT2D eigenvalue weighted by Crippen LogP contribution is -2.34. The molecule has 0 amide bonds. The van der Waals surface area contributed by atoms with Crippen LogP contribution in [-0.2, 0) is 0 Å². The van der Waals surface area contributed by atoms with Gasteiger partial charge in [0, 0.05) is 17.1 Å². The largest absolute Gasteiger partial charge is 0.305 e. The average Bonchev–Trinajstić information content (AvgIpc) is 2.87. The van der Waals surface area contributed by atoms with Crippen molar-refractivity contribution in [2.75, 3.05) is 0 Å². The van der Waals surface area contributed by atoms with E-state index in [0.717, 1.165) is 11.6 Å². The minimum absolute atomic E-state index is 0.397. The molecule has 2 atom stereocenters. The molecule has 2 nitrogen and oxygen atoms in total. The molecule has 2 rings (SSSR count). The number of hydrogen-bond donors (Lipinski definition) is 1. The van der Waals surface area contributed by atoms with Crippen LogP contribution in [0.1, 0.15) is 56.3 Å². The van der Waals surface area contributed by atoms with Crippen molar-refractivity contribution in [2.24, 2.45) is 5.92 Å². The van der Waals surface area contributed by atoms with Gasteiger partial charge in [-0.05, 0) is 39.5 Å². The van der Waals surface area contributed by atoms with E-state index in [9.17, 15) is 0 Å². The van der Waals surface area contributed by atoms with Crippen LogP contribution in [-0.4, -0.2) is 11.0 Å². The summed E-state index contributed by atoms with van der Waals surface area (Å²) in [5, 5.41) is 7.06. The third-order valence-electron chi connectivity index (χ3n) is 3.63. The number of hydrogen-bond acceptors (Lipinski definition) is 3. The van der Waals surface area contributed by atoms with E-state index in [1.807, 2.05) is 0 Å². The summed E-state index contributed by atoms with van der Waals surface area (Å²) in [6.07, 6.45) is 5.64. The molecular weight excluding hydrogens is 216 g/mol. The Morgan fingerprint density at radius 1 is 1.38 bits per heavy atom. The van der Waals surface area contributed by atoms with Crippen molar-refractivity contribution in [3.63, 3.8) is 0 Å². The molecule has 1 aliphatic rings. The molecule has 3 heteroatoms. The first kappa shape index (κ1) is 12.1. The zero-order valence-corrected chi connectivity index (χ0v) is 11.3. The minimum Gasteiger partial charge on any atom is -0.305 e. The number of thiazole rings is 1. The molecule has 0 aliphatic heterocycles. The highest BCUT2D eigenvalue weighted by molar-refractivity contribution is 7.09. The number of nitrogens with one attached hydrogen (secondary N) is 1. The molecule has 0 aromatic carbocycles. The Morgan fingerprint density at radius 2 is 2.06 bits per heavy atom. The van der Waals surface area contributed by atoms with E-state index >= 15 is 0 Å². The summed E-state index contributed by atoms with van der Waals surface area (Å²) >= 11 is 1.77. The highest BCUT2D eigenvalue weighted by Gasteiger charge is 2.23. The Balaban J connectivity index is 1.88. The van der Waals surface area contributed by atoms with Crippen LogP contribution in [0.3, 0.4) is 0 Å². The van der Waals surface area contributed by atoms with Crippen LogP contribution in [0.4, 0.5) is 0 Å². The number of nitrogens with zero attached hydrogens (tertiary/aromatic N) is 1. The number of rotatable bonds is 4. The number of aromatic nitrogens is 1. The predicted molar refractivity (Wildman–Crippen MR) is 69.8 cm³/mol. The van der Waals surface area contributed by atoms with E-state index in [-0.39, 0.29) is 0 Å². The maximum Gasteiger partial charge on any atom is 0.110 e. The molecule has 1 fully saturated rings. The standard InChI is InChI=1S/C13H22N2S/c1-9-8-16-13(14-9)11(3)15-10(2)12-6-4-5-7-12/h8,10-12,15H,4-7H2,1-3H3. The van der Waals surface area contributed by atoms with Gasteiger partial charge in [0.15, 0.2) is 0 Å². The summed E-state index contributed by atoms with van der Waals surface area (Å²) in [5.74, 6) is 0.878. The fraction of sp³-hybridized carbons (Fsp3) is 0.769. The van der Waals surface area contributed by atoms with Crippen molar-refractivity contribution >= 4 is 11.3 Å².